The van der Waals surface area contributed by atoms with Gasteiger partial charge in [-0.15, -0.1) is 0 Å². The van der Waals surface area contributed by atoms with Gasteiger partial charge in [-0.3, -0.25) is 4.79 Å². The summed E-state index contributed by atoms with van der Waals surface area (Å²) in [6.45, 7) is 7.63. The van der Waals surface area contributed by atoms with E-state index in [9.17, 15) is 4.79 Å². The lowest BCUT2D eigenvalue weighted by Crippen LogP contribution is -2.51. The van der Waals surface area contributed by atoms with Gasteiger partial charge in [0.1, 0.15) is 6.61 Å². The van der Waals surface area contributed by atoms with Gasteiger partial charge in [-0.2, -0.15) is 4.98 Å². The van der Waals surface area contributed by atoms with Crippen molar-refractivity contribution >= 4 is 11.9 Å². The highest BCUT2D eigenvalue weighted by molar-refractivity contribution is 5.78. The number of amides is 1. The first-order valence-electron chi connectivity index (χ1n) is 9.81. The molecule has 1 atom stereocenters. The van der Waals surface area contributed by atoms with Crippen LogP contribution in [-0.2, 0) is 9.53 Å². The molecule has 1 unspecified atom stereocenters. The number of morpholine rings is 1. The van der Waals surface area contributed by atoms with E-state index in [-0.39, 0.29) is 18.6 Å². The SMILES string of the molecule is Cc1nc(NCC2CN(CC3CCN(CC4CC4)CC3)C(=O)CO2)no1. The van der Waals surface area contributed by atoms with Gasteiger partial charge in [0.25, 0.3) is 5.95 Å². The Morgan fingerprint density at radius 3 is 2.62 bits per heavy atom. The topological polar surface area (TPSA) is 83.7 Å². The molecule has 8 nitrogen and oxygen atoms in total. The largest absolute Gasteiger partial charge is 0.365 e. The number of carbonyl (C=O) groups is 1. The van der Waals surface area contributed by atoms with Crippen molar-refractivity contribution in [2.24, 2.45) is 11.8 Å². The molecule has 3 heterocycles. The van der Waals surface area contributed by atoms with E-state index >= 15 is 0 Å². The van der Waals surface area contributed by atoms with Crippen LogP contribution in [0.25, 0.3) is 0 Å². The Morgan fingerprint density at radius 1 is 1.15 bits per heavy atom. The van der Waals surface area contributed by atoms with Gasteiger partial charge in [0.2, 0.25) is 11.8 Å². The van der Waals surface area contributed by atoms with E-state index < -0.39 is 0 Å². The molecule has 1 saturated carbocycles. The van der Waals surface area contributed by atoms with Crippen molar-refractivity contribution in [2.45, 2.75) is 38.7 Å². The predicted octanol–water partition coefficient (Wildman–Crippen LogP) is 1.14. The molecule has 3 fully saturated rings. The molecule has 1 aliphatic carbocycles. The molecular weight excluding hydrogens is 334 g/mol. The van der Waals surface area contributed by atoms with E-state index in [0.29, 0.717) is 30.8 Å². The predicted molar refractivity (Wildman–Crippen MR) is 95.7 cm³/mol. The summed E-state index contributed by atoms with van der Waals surface area (Å²) >= 11 is 0. The highest BCUT2D eigenvalue weighted by Gasteiger charge is 2.31. The van der Waals surface area contributed by atoms with Crippen molar-refractivity contribution in [1.29, 1.82) is 0 Å². The third-order valence-electron chi connectivity index (χ3n) is 5.63. The molecule has 0 bridgehead atoms. The van der Waals surface area contributed by atoms with Crippen LogP contribution in [0.3, 0.4) is 0 Å². The molecule has 4 rings (SSSR count). The summed E-state index contributed by atoms with van der Waals surface area (Å²) < 4.78 is 10.6. The van der Waals surface area contributed by atoms with Crippen molar-refractivity contribution in [2.75, 3.05) is 51.2 Å². The van der Waals surface area contributed by atoms with Gasteiger partial charge in [-0.05, 0) is 55.8 Å². The molecule has 1 amide bonds. The minimum atomic E-state index is -0.0403. The second-order valence-corrected chi connectivity index (χ2v) is 7.94. The molecule has 1 aromatic heterocycles. The number of aryl methyl sites for hydroxylation is 1. The highest BCUT2D eigenvalue weighted by Crippen LogP contribution is 2.31. The Bertz CT molecular complexity index is 610. The Labute approximate surface area is 154 Å². The van der Waals surface area contributed by atoms with Gasteiger partial charge in [-0.25, -0.2) is 0 Å². The Kier molecular flexibility index (Phi) is 5.40. The highest BCUT2D eigenvalue weighted by atomic mass is 16.5. The molecule has 26 heavy (non-hydrogen) atoms. The zero-order valence-electron chi connectivity index (χ0n) is 15.5. The maximum Gasteiger partial charge on any atom is 0.263 e. The molecule has 0 aromatic carbocycles. The normalized spacial score (nSPS) is 25.7. The number of hydrogen-bond donors (Lipinski definition) is 1. The maximum atomic E-state index is 12.2. The molecule has 0 radical (unpaired) electrons. The van der Waals surface area contributed by atoms with Gasteiger partial charge in [0, 0.05) is 33.1 Å². The zero-order valence-corrected chi connectivity index (χ0v) is 15.5. The fourth-order valence-corrected chi connectivity index (χ4v) is 3.89. The molecule has 2 saturated heterocycles. The summed E-state index contributed by atoms with van der Waals surface area (Å²) in [6, 6.07) is 0. The van der Waals surface area contributed by atoms with E-state index in [1.165, 1.54) is 45.3 Å². The summed E-state index contributed by atoms with van der Waals surface area (Å²) in [6.07, 6.45) is 5.19. The number of aromatic nitrogens is 2. The van der Waals surface area contributed by atoms with Crippen molar-refractivity contribution in [3.05, 3.63) is 5.89 Å². The third-order valence-corrected chi connectivity index (χ3v) is 5.63. The van der Waals surface area contributed by atoms with Crippen LogP contribution in [0.2, 0.25) is 0 Å². The summed E-state index contributed by atoms with van der Waals surface area (Å²) in [5.74, 6) is 2.68. The van der Waals surface area contributed by atoms with E-state index in [1.807, 2.05) is 4.90 Å². The molecule has 8 heteroatoms. The summed E-state index contributed by atoms with van der Waals surface area (Å²) in [4.78, 5) is 21.0. The van der Waals surface area contributed by atoms with Gasteiger partial charge in [0.15, 0.2) is 0 Å². The second kappa shape index (κ2) is 7.92. The van der Waals surface area contributed by atoms with E-state index in [2.05, 4.69) is 20.4 Å². The van der Waals surface area contributed by atoms with Crippen LogP contribution >= 0.6 is 0 Å². The first-order chi connectivity index (χ1) is 12.7. The maximum absolute atomic E-state index is 12.2. The number of rotatable bonds is 7. The molecule has 0 spiro atoms. The van der Waals surface area contributed by atoms with Crippen LogP contribution in [0, 0.1) is 18.8 Å². The van der Waals surface area contributed by atoms with Gasteiger partial charge >= 0.3 is 0 Å². The van der Waals surface area contributed by atoms with E-state index in [0.717, 1.165) is 12.5 Å². The Morgan fingerprint density at radius 2 is 1.92 bits per heavy atom. The number of nitrogens with one attached hydrogen (secondary N) is 1. The summed E-state index contributed by atoms with van der Waals surface area (Å²) in [7, 11) is 0. The number of likely N-dealkylation sites (tertiary alicyclic amines) is 1. The number of piperidine rings is 1. The summed E-state index contributed by atoms with van der Waals surface area (Å²) in [5.41, 5.74) is 0. The second-order valence-electron chi connectivity index (χ2n) is 7.94. The number of anilines is 1. The van der Waals surface area contributed by atoms with Crippen molar-refractivity contribution in [3.63, 3.8) is 0 Å². The fourth-order valence-electron chi connectivity index (χ4n) is 3.89. The first-order valence-corrected chi connectivity index (χ1v) is 9.81. The number of carbonyl (C=O) groups excluding carboxylic acids is 1. The molecule has 1 N–H and O–H groups in total. The van der Waals surface area contributed by atoms with Crippen LogP contribution in [0.15, 0.2) is 4.52 Å². The standard InChI is InChI=1S/C18H29N5O3/c1-13-20-18(21-26-13)19-8-16-11-23(17(24)12-25-16)10-15-4-6-22(7-5-15)9-14-2-3-14/h14-16H,2-12H2,1H3,(H,19,21). The van der Waals surface area contributed by atoms with Gasteiger partial charge in [0.05, 0.1) is 6.10 Å². The molecule has 3 aliphatic rings. The van der Waals surface area contributed by atoms with Crippen LogP contribution < -0.4 is 5.32 Å². The number of nitrogens with zero attached hydrogens (tertiary/aromatic N) is 4. The third kappa shape index (κ3) is 4.73. The zero-order chi connectivity index (χ0) is 17.9. The molecule has 1 aromatic rings. The van der Waals surface area contributed by atoms with E-state index in [1.54, 1.807) is 6.92 Å². The minimum absolute atomic E-state index is 0.0403. The van der Waals surface area contributed by atoms with Crippen LogP contribution in [0.4, 0.5) is 5.95 Å². The summed E-state index contributed by atoms with van der Waals surface area (Å²) in [5, 5.41) is 6.94. The van der Waals surface area contributed by atoms with E-state index in [4.69, 9.17) is 9.26 Å². The average Bonchev–Trinajstić information content (AvgIpc) is 3.36. The Balaban J connectivity index is 1.21. The van der Waals surface area contributed by atoms with Crippen LogP contribution in [-0.4, -0.2) is 77.8 Å². The first kappa shape index (κ1) is 17.7. The van der Waals surface area contributed by atoms with Crippen molar-refractivity contribution in [3.8, 4) is 0 Å². The van der Waals surface area contributed by atoms with Gasteiger partial charge in [-0.1, -0.05) is 0 Å². The number of ether oxygens (including phenoxy) is 1. The number of hydrogen-bond acceptors (Lipinski definition) is 7. The smallest absolute Gasteiger partial charge is 0.263 e. The lowest BCUT2D eigenvalue weighted by atomic mass is 9.95. The van der Waals surface area contributed by atoms with Crippen molar-refractivity contribution < 1.29 is 14.1 Å². The van der Waals surface area contributed by atoms with Crippen LogP contribution in [0.1, 0.15) is 31.6 Å². The van der Waals surface area contributed by atoms with Gasteiger partial charge < -0.3 is 24.4 Å². The average molecular weight is 363 g/mol. The Hall–Kier alpha value is -1.67. The van der Waals surface area contributed by atoms with Crippen molar-refractivity contribution in [1.82, 2.24) is 19.9 Å². The quantitative estimate of drug-likeness (QED) is 0.778. The molecule has 2 aliphatic heterocycles. The van der Waals surface area contributed by atoms with Crippen LogP contribution in [0.5, 0.6) is 0 Å². The lowest BCUT2D eigenvalue weighted by Gasteiger charge is -2.38. The molecular formula is C18H29N5O3. The lowest BCUT2D eigenvalue weighted by molar-refractivity contribution is -0.149. The molecule has 144 valence electrons. The monoisotopic (exact) mass is 363 g/mol. The minimum Gasteiger partial charge on any atom is -0.365 e. The fraction of sp³-hybridized carbons (Fsp3) is 0.833.